The molecule has 36 heavy (non-hydrogen) atoms. The lowest BCUT2D eigenvalue weighted by molar-refractivity contribution is 0.471. The number of H-pyrrole nitrogens is 1. The van der Waals surface area contributed by atoms with Crippen LogP contribution < -0.4 is 10.6 Å². The van der Waals surface area contributed by atoms with E-state index in [4.69, 9.17) is 20.1 Å². The Morgan fingerprint density at radius 1 is 1.28 bits per heavy atom. The fourth-order valence-electron chi connectivity index (χ4n) is 5.55. The molecule has 2 bridgehead atoms. The number of anilines is 1. The molecule has 1 aliphatic heterocycles. The summed E-state index contributed by atoms with van der Waals surface area (Å²) in [5.41, 5.74) is 8.86. The second kappa shape index (κ2) is 8.22. The summed E-state index contributed by atoms with van der Waals surface area (Å²) in [7, 11) is 0. The van der Waals surface area contributed by atoms with Crippen LogP contribution in [-0.4, -0.2) is 48.8 Å². The molecule has 1 saturated heterocycles. The van der Waals surface area contributed by atoms with Gasteiger partial charge in [0.1, 0.15) is 23.0 Å². The molecule has 4 aromatic heterocycles. The minimum absolute atomic E-state index is 0.225. The Balaban J connectivity index is 1.35. The molecule has 184 valence electrons. The zero-order chi connectivity index (χ0) is 24.6. The zero-order valence-corrected chi connectivity index (χ0v) is 21.3. The number of halogens is 1. The van der Waals surface area contributed by atoms with Gasteiger partial charge >= 0.3 is 0 Å². The van der Waals surface area contributed by atoms with E-state index in [2.05, 4.69) is 25.1 Å². The fraction of sp³-hybridized carbons (Fsp3) is 0.375. The molecule has 3 atom stereocenters. The molecule has 1 aromatic carbocycles. The summed E-state index contributed by atoms with van der Waals surface area (Å²) in [4.78, 5) is 19.9. The van der Waals surface area contributed by atoms with Gasteiger partial charge in [-0.05, 0) is 61.6 Å². The lowest BCUT2D eigenvalue weighted by Crippen LogP contribution is -2.41. The molecule has 2 aliphatic rings. The number of nitrogens with two attached hydrogens (primary N) is 1. The van der Waals surface area contributed by atoms with Crippen LogP contribution in [-0.2, 0) is 6.42 Å². The fourth-order valence-corrected chi connectivity index (χ4v) is 7.19. The smallest absolute Gasteiger partial charge is 0.258 e. The Morgan fingerprint density at radius 2 is 2.17 bits per heavy atom. The monoisotopic (exact) mass is 522 g/mol. The van der Waals surface area contributed by atoms with Crippen molar-refractivity contribution in [2.24, 2.45) is 11.7 Å². The van der Waals surface area contributed by atoms with Gasteiger partial charge in [0.15, 0.2) is 9.50 Å². The molecule has 12 heteroatoms. The molecule has 1 saturated carbocycles. The van der Waals surface area contributed by atoms with E-state index in [1.165, 1.54) is 23.1 Å². The highest BCUT2D eigenvalue weighted by atomic mass is 32.2. The first kappa shape index (κ1) is 22.1. The molecule has 0 amide bonds. The Labute approximate surface area is 213 Å². The van der Waals surface area contributed by atoms with Crippen molar-refractivity contribution < 1.29 is 8.81 Å². The van der Waals surface area contributed by atoms with Crippen molar-refractivity contribution >= 4 is 50.9 Å². The Hall–Kier alpha value is -3.09. The van der Waals surface area contributed by atoms with E-state index in [-0.39, 0.29) is 11.9 Å². The number of benzene rings is 1. The van der Waals surface area contributed by atoms with Gasteiger partial charge in [-0.15, -0.1) is 10.2 Å². The molecule has 7 rings (SSSR count). The maximum absolute atomic E-state index is 14.6. The highest BCUT2D eigenvalue weighted by molar-refractivity contribution is 8.00. The van der Waals surface area contributed by atoms with E-state index < -0.39 is 0 Å². The molecule has 0 spiro atoms. The predicted octanol–water partition coefficient (Wildman–Crippen LogP) is 4.70. The lowest BCUT2D eigenvalue weighted by Gasteiger charge is -2.31. The average molecular weight is 523 g/mol. The van der Waals surface area contributed by atoms with E-state index in [1.54, 1.807) is 18.3 Å². The second-order valence-corrected chi connectivity index (χ2v) is 11.7. The lowest BCUT2D eigenvalue weighted by atomic mass is 10.0. The molecule has 9 nitrogen and oxygen atoms in total. The van der Waals surface area contributed by atoms with E-state index in [0.717, 1.165) is 47.1 Å². The number of aromatic amines is 1. The van der Waals surface area contributed by atoms with Crippen LogP contribution in [0.25, 0.3) is 32.8 Å². The quantitative estimate of drug-likeness (QED) is 0.316. The van der Waals surface area contributed by atoms with Crippen LogP contribution in [0, 0.1) is 18.7 Å². The number of aromatic nitrogens is 6. The van der Waals surface area contributed by atoms with Crippen molar-refractivity contribution in [2.75, 3.05) is 11.4 Å². The van der Waals surface area contributed by atoms with Gasteiger partial charge in [-0.2, -0.15) is 0 Å². The Morgan fingerprint density at radius 3 is 2.89 bits per heavy atom. The predicted molar refractivity (Wildman–Crippen MR) is 137 cm³/mol. The normalized spacial score (nSPS) is 21.4. The summed E-state index contributed by atoms with van der Waals surface area (Å²) in [6, 6.07) is 3.72. The number of piperidine rings is 1. The SMILES string of the molecule is CCc1cc(F)cc2c1[nH]c1nc(Sc3nnc(-c4ncc(C)o4)s3)nc(N3C[C@H]4C[C@@H]3C[C@H]4N)c12. The van der Waals surface area contributed by atoms with Crippen LogP contribution in [0.15, 0.2) is 32.2 Å². The van der Waals surface area contributed by atoms with Crippen LogP contribution >= 0.6 is 23.1 Å². The van der Waals surface area contributed by atoms with Crippen molar-refractivity contribution in [1.82, 2.24) is 30.1 Å². The summed E-state index contributed by atoms with van der Waals surface area (Å²) < 4.78 is 20.9. The molecule has 5 aromatic rings. The van der Waals surface area contributed by atoms with Gasteiger partial charge in [-0.1, -0.05) is 18.3 Å². The van der Waals surface area contributed by atoms with Gasteiger partial charge in [0.2, 0.25) is 5.01 Å². The van der Waals surface area contributed by atoms with Crippen molar-refractivity contribution in [3.05, 3.63) is 35.5 Å². The molecule has 2 fully saturated rings. The third-order valence-electron chi connectivity index (χ3n) is 7.21. The first-order valence-corrected chi connectivity index (χ1v) is 13.6. The van der Waals surface area contributed by atoms with Crippen LogP contribution in [0.4, 0.5) is 10.2 Å². The standard InChI is InChI=1S/C24H23FN8OS2/c1-3-11-4-13(25)6-15-17-19(28-18(11)15)29-23(30-20(17)33-9-12-5-14(33)7-16(12)26)36-24-32-31-22(35-24)21-27-8-10(2)34-21/h4,6,8,12,14,16H,3,5,7,9,26H2,1-2H3,(H,28,29,30)/t12-,14-,16-/m1/s1. The second-order valence-electron chi connectivity index (χ2n) is 9.47. The van der Waals surface area contributed by atoms with Crippen molar-refractivity contribution in [3.8, 4) is 10.9 Å². The maximum Gasteiger partial charge on any atom is 0.258 e. The van der Waals surface area contributed by atoms with Gasteiger partial charge in [0.05, 0.1) is 17.1 Å². The molecule has 1 aliphatic carbocycles. The minimum atomic E-state index is -0.252. The van der Waals surface area contributed by atoms with Crippen LogP contribution in [0.5, 0.6) is 0 Å². The summed E-state index contributed by atoms with van der Waals surface area (Å²) in [5.74, 6) is 2.18. The third kappa shape index (κ3) is 3.50. The van der Waals surface area contributed by atoms with Crippen LogP contribution in [0.3, 0.4) is 0 Å². The number of hydrogen-bond donors (Lipinski definition) is 2. The Bertz CT molecular complexity index is 1630. The largest absolute Gasteiger partial charge is 0.440 e. The first-order valence-electron chi connectivity index (χ1n) is 11.9. The van der Waals surface area contributed by atoms with Crippen molar-refractivity contribution in [2.45, 2.75) is 54.7 Å². The molecule has 5 heterocycles. The number of aryl methyl sites for hydroxylation is 2. The third-order valence-corrected chi connectivity index (χ3v) is 9.03. The number of fused-ring (bicyclic) bond motifs is 5. The summed E-state index contributed by atoms with van der Waals surface area (Å²) in [5, 5.41) is 11.4. The Kier molecular flexibility index (Phi) is 5.05. The molecule has 0 unspecified atom stereocenters. The molecule has 0 radical (unpaired) electrons. The number of rotatable bonds is 5. The molecular formula is C24H23FN8OS2. The minimum Gasteiger partial charge on any atom is -0.440 e. The van der Waals surface area contributed by atoms with Crippen molar-refractivity contribution in [3.63, 3.8) is 0 Å². The number of nitrogens with zero attached hydrogens (tertiary/aromatic N) is 6. The highest BCUT2D eigenvalue weighted by Gasteiger charge is 2.44. The van der Waals surface area contributed by atoms with Crippen molar-refractivity contribution in [1.29, 1.82) is 0 Å². The van der Waals surface area contributed by atoms with Gasteiger partial charge in [-0.3, -0.25) is 0 Å². The maximum atomic E-state index is 14.6. The summed E-state index contributed by atoms with van der Waals surface area (Å²) in [6.45, 7) is 4.71. The topological polar surface area (TPSA) is 123 Å². The number of nitrogens with one attached hydrogen (secondary N) is 1. The van der Waals surface area contributed by atoms with Gasteiger partial charge in [-0.25, -0.2) is 19.3 Å². The average Bonchev–Trinajstić information content (AvgIpc) is 3.66. The van der Waals surface area contributed by atoms with Gasteiger partial charge < -0.3 is 20.0 Å². The van der Waals surface area contributed by atoms with Gasteiger partial charge in [0, 0.05) is 24.0 Å². The molecular weight excluding hydrogens is 499 g/mol. The van der Waals surface area contributed by atoms with E-state index in [1.807, 2.05) is 13.8 Å². The highest BCUT2D eigenvalue weighted by Crippen LogP contribution is 2.44. The summed E-state index contributed by atoms with van der Waals surface area (Å²) >= 11 is 2.73. The number of hydrogen-bond acceptors (Lipinski definition) is 10. The van der Waals surface area contributed by atoms with Crippen LogP contribution in [0.1, 0.15) is 31.1 Å². The number of oxazole rings is 1. The van der Waals surface area contributed by atoms with E-state index in [0.29, 0.717) is 50.2 Å². The molecule has 3 N–H and O–H groups in total. The van der Waals surface area contributed by atoms with E-state index >= 15 is 0 Å². The first-order chi connectivity index (χ1) is 17.5. The van der Waals surface area contributed by atoms with Crippen LogP contribution in [0.2, 0.25) is 0 Å². The van der Waals surface area contributed by atoms with E-state index in [9.17, 15) is 4.39 Å². The van der Waals surface area contributed by atoms with Gasteiger partial charge in [0.25, 0.3) is 5.89 Å². The zero-order valence-electron chi connectivity index (χ0n) is 19.7. The summed E-state index contributed by atoms with van der Waals surface area (Å²) in [6.07, 6.45) is 4.36.